The van der Waals surface area contributed by atoms with Crippen LogP contribution in [0, 0.1) is 11.7 Å². The first kappa shape index (κ1) is 17.1. The van der Waals surface area contributed by atoms with Crippen LogP contribution in [0.2, 0.25) is 0 Å². The number of ether oxygens (including phenoxy) is 1. The van der Waals surface area contributed by atoms with E-state index in [9.17, 15) is 9.18 Å². The third-order valence-electron chi connectivity index (χ3n) is 4.26. The first-order valence-electron chi connectivity index (χ1n) is 8.26. The molecule has 2 aromatic rings. The van der Waals surface area contributed by atoms with Crippen LogP contribution in [-0.4, -0.2) is 28.7 Å². The summed E-state index contributed by atoms with van der Waals surface area (Å²) in [7, 11) is 0. The molecular weight excluding hydrogens is 323 g/mol. The van der Waals surface area contributed by atoms with Gasteiger partial charge in [-0.1, -0.05) is 26.0 Å². The van der Waals surface area contributed by atoms with Crippen molar-refractivity contribution in [2.24, 2.45) is 5.92 Å². The van der Waals surface area contributed by atoms with Gasteiger partial charge in [0.2, 0.25) is 5.95 Å². The van der Waals surface area contributed by atoms with Crippen LogP contribution in [0.3, 0.4) is 0 Å². The molecule has 0 aliphatic carbocycles. The minimum atomic E-state index is -0.401. The molecule has 2 heterocycles. The zero-order chi connectivity index (χ0) is 18.0. The van der Waals surface area contributed by atoms with Gasteiger partial charge in [0.1, 0.15) is 18.2 Å². The molecular formula is C18H21FN4O2. The summed E-state index contributed by atoms with van der Waals surface area (Å²) < 4.78 is 18.5. The molecule has 3 rings (SSSR count). The van der Waals surface area contributed by atoms with Crippen LogP contribution in [0.4, 0.5) is 21.0 Å². The number of halogens is 1. The number of benzene rings is 1. The molecule has 1 unspecified atom stereocenters. The number of anilines is 2. The fourth-order valence-corrected chi connectivity index (χ4v) is 2.80. The Balaban J connectivity index is 1.81. The van der Waals surface area contributed by atoms with Gasteiger partial charge >= 0.3 is 6.09 Å². The highest BCUT2D eigenvalue weighted by Gasteiger charge is 2.37. The van der Waals surface area contributed by atoms with Gasteiger partial charge in [-0.3, -0.25) is 4.90 Å². The maximum atomic E-state index is 13.4. The molecule has 1 aliphatic heterocycles. The molecule has 1 saturated heterocycles. The van der Waals surface area contributed by atoms with Crippen molar-refractivity contribution < 1.29 is 13.9 Å². The number of nitrogens with one attached hydrogen (secondary N) is 1. The lowest BCUT2D eigenvalue weighted by Gasteiger charge is -2.23. The number of nitrogens with zero attached hydrogens (tertiary/aromatic N) is 3. The molecule has 1 aliphatic rings. The first-order valence-corrected chi connectivity index (χ1v) is 8.26. The van der Waals surface area contributed by atoms with Crippen molar-refractivity contribution in [1.82, 2.24) is 9.97 Å². The molecule has 0 bridgehead atoms. The molecule has 6 nitrogen and oxygen atoms in total. The molecule has 25 heavy (non-hydrogen) atoms. The number of carbonyl (C=O) groups excluding carboxylic acids is 1. The second kappa shape index (κ2) is 7.04. The molecule has 0 saturated carbocycles. The largest absolute Gasteiger partial charge is 0.447 e. The van der Waals surface area contributed by atoms with E-state index in [0.717, 1.165) is 5.56 Å². The van der Waals surface area contributed by atoms with Gasteiger partial charge in [-0.15, -0.1) is 0 Å². The van der Waals surface area contributed by atoms with Crippen molar-refractivity contribution in [3.63, 3.8) is 0 Å². The van der Waals surface area contributed by atoms with Gasteiger partial charge < -0.3 is 10.1 Å². The highest BCUT2D eigenvalue weighted by molar-refractivity contribution is 5.89. The lowest BCUT2D eigenvalue weighted by molar-refractivity contribution is 0.177. The van der Waals surface area contributed by atoms with Gasteiger partial charge in [0, 0.05) is 6.20 Å². The zero-order valence-corrected chi connectivity index (χ0v) is 14.4. The van der Waals surface area contributed by atoms with E-state index in [1.54, 1.807) is 23.2 Å². The summed E-state index contributed by atoms with van der Waals surface area (Å²) in [6.07, 6.45) is 1.19. The fraction of sp³-hybridized carbons (Fsp3) is 0.389. The Labute approximate surface area is 146 Å². The Kier molecular flexibility index (Phi) is 4.83. The van der Waals surface area contributed by atoms with Crippen LogP contribution < -0.4 is 10.2 Å². The normalized spacial score (nSPS) is 18.4. The number of cyclic esters (lactones) is 1. The van der Waals surface area contributed by atoms with E-state index in [0.29, 0.717) is 18.4 Å². The number of amides is 1. The van der Waals surface area contributed by atoms with E-state index < -0.39 is 6.09 Å². The predicted molar refractivity (Wildman–Crippen MR) is 92.9 cm³/mol. The van der Waals surface area contributed by atoms with E-state index in [1.165, 1.54) is 12.1 Å². The van der Waals surface area contributed by atoms with Crippen LogP contribution >= 0.6 is 0 Å². The van der Waals surface area contributed by atoms with Crippen LogP contribution in [0.5, 0.6) is 0 Å². The molecule has 0 radical (unpaired) electrons. The number of carbonyl (C=O) groups is 1. The third-order valence-corrected chi connectivity index (χ3v) is 4.26. The Morgan fingerprint density at radius 2 is 2.12 bits per heavy atom. The summed E-state index contributed by atoms with van der Waals surface area (Å²) in [6, 6.07) is 7.80. The Hall–Kier alpha value is -2.70. The molecule has 2 atom stereocenters. The van der Waals surface area contributed by atoms with Gasteiger partial charge in [0.25, 0.3) is 0 Å². The van der Waals surface area contributed by atoms with E-state index >= 15 is 0 Å². The van der Waals surface area contributed by atoms with E-state index in [-0.39, 0.29) is 23.8 Å². The summed E-state index contributed by atoms with van der Waals surface area (Å²) in [6.45, 7) is 6.31. The molecule has 7 heteroatoms. The van der Waals surface area contributed by atoms with Crippen molar-refractivity contribution in [2.75, 3.05) is 16.8 Å². The average Bonchev–Trinajstić information content (AvgIpc) is 2.97. The molecule has 1 amide bonds. The highest BCUT2D eigenvalue weighted by atomic mass is 19.1. The maximum Gasteiger partial charge on any atom is 0.415 e. The Morgan fingerprint density at radius 1 is 1.32 bits per heavy atom. The average molecular weight is 344 g/mol. The van der Waals surface area contributed by atoms with Crippen LogP contribution in [0.25, 0.3) is 0 Å². The SMILES string of the molecule is CC(Nc1nccc(N2C(=O)OC[C@@H]2C(C)C)n1)c1cccc(F)c1. The number of aromatic nitrogens is 2. The predicted octanol–water partition coefficient (Wildman–Crippen LogP) is 3.77. The van der Waals surface area contributed by atoms with Crippen LogP contribution in [-0.2, 0) is 4.74 Å². The fourth-order valence-electron chi connectivity index (χ4n) is 2.80. The lowest BCUT2D eigenvalue weighted by atomic mass is 10.0. The lowest BCUT2D eigenvalue weighted by Crippen LogP contribution is -2.37. The van der Waals surface area contributed by atoms with E-state index in [2.05, 4.69) is 15.3 Å². The Morgan fingerprint density at radius 3 is 2.84 bits per heavy atom. The van der Waals surface area contributed by atoms with Gasteiger partial charge in [-0.05, 0) is 36.6 Å². The van der Waals surface area contributed by atoms with Crippen molar-refractivity contribution >= 4 is 17.9 Å². The van der Waals surface area contributed by atoms with Crippen molar-refractivity contribution in [2.45, 2.75) is 32.9 Å². The van der Waals surface area contributed by atoms with Crippen LogP contribution in [0.1, 0.15) is 32.4 Å². The molecule has 1 N–H and O–H groups in total. The van der Waals surface area contributed by atoms with Gasteiger partial charge in [0.05, 0.1) is 12.1 Å². The van der Waals surface area contributed by atoms with Crippen molar-refractivity contribution in [1.29, 1.82) is 0 Å². The standard InChI is InChI=1S/C18H21FN4O2/c1-11(2)15-10-25-18(24)23(15)16-7-8-20-17(22-16)21-12(3)13-5-4-6-14(19)9-13/h4-9,11-12,15H,10H2,1-3H3,(H,20,21,22)/t12?,15-/m1/s1. The molecule has 132 valence electrons. The smallest absolute Gasteiger partial charge is 0.415 e. The van der Waals surface area contributed by atoms with Gasteiger partial charge in [-0.25, -0.2) is 14.2 Å². The summed E-state index contributed by atoms with van der Waals surface area (Å²) in [4.78, 5) is 22.3. The van der Waals surface area contributed by atoms with E-state index in [4.69, 9.17) is 4.74 Å². The number of rotatable bonds is 5. The monoisotopic (exact) mass is 344 g/mol. The second-order valence-electron chi connectivity index (χ2n) is 6.42. The Bertz CT molecular complexity index is 768. The molecule has 1 aromatic heterocycles. The second-order valence-corrected chi connectivity index (χ2v) is 6.42. The summed E-state index contributed by atoms with van der Waals surface area (Å²) >= 11 is 0. The summed E-state index contributed by atoms with van der Waals surface area (Å²) in [5, 5.41) is 3.14. The molecule has 1 aromatic carbocycles. The first-order chi connectivity index (χ1) is 12.0. The third kappa shape index (κ3) is 3.70. The summed E-state index contributed by atoms with van der Waals surface area (Å²) in [5.41, 5.74) is 0.787. The quantitative estimate of drug-likeness (QED) is 0.894. The highest BCUT2D eigenvalue weighted by Crippen LogP contribution is 2.26. The number of hydrogen-bond acceptors (Lipinski definition) is 5. The molecule has 1 fully saturated rings. The minimum absolute atomic E-state index is 0.0594. The topological polar surface area (TPSA) is 67.4 Å². The zero-order valence-electron chi connectivity index (χ0n) is 14.4. The summed E-state index contributed by atoms with van der Waals surface area (Å²) in [5.74, 6) is 0.811. The van der Waals surface area contributed by atoms with Crippen LogP contribution in [0.15, 0.2) is 36.5 Å². The number of hydrogen-bond donors (Lipinski definition) is 1. The van der Waals surface area contributed by atoms with Crippen molar-refractivity contribution in [3.8, 4) is 0 Å². The molecule has 0 spiro atoms. The van der Waals surface area contributed by atoms with Gasteiger partial charge in [0.15, 0.2) is 0 Å². The maximum absolute atomic E-state index is 13.4. The minimum Gasteiger partial charge on any atom is -0.447 e. The van der Waals surface area contributed by atoms with E-state index in [1.807, 2.05) is 26.8 Å². The van der Waals surface area contributed by atoms with Gasteiger partial charge in [-0.2, -0.15) is 4.98 Å². The van der Waals surface area contributed by atoms with Crippen molar-refractivity contribution in [3.05, 3.63) is 47.9 Å².